The largest absolute Gasteiger partial charge is 0.481 e. The number of carbonyl (C=O) groups excluding carboxylic acids is 1. The van der Waals surface area contributed by atoms with E-state index >= 15 is 0 Å². The minimum absolute atomic E-state index is 0.0125. The first-order valence-corrected chi connectivity index (χ1v) is 6.96. The Labute approximate surface area is 109 Å². The summed E-state index contributed by atoms with van der Waals surface area (Å²) in [5, 5.41) is 11.9. The van der Waals surface area contributed by atoms with Gasteiger partial charge in [-0.05, 0) is 24.2 Å². The van der Waals surface area contributed by atoms with Crippen LogP contribution >= 0.6 is 0 Å². The highest BCUT2D eigenvalue weighted by Gasteiger charge is 2.37. The average Bonchev–Trinajstić information content (AvgIpc) is 2.73. The average molecular weight is 255 g/mol. The van der Waals surface area contributed by atoms with Gasteiger partial charge in [-0.2, -0.15) is 0 Å². The van der Waals surface area contributed by atoms with Crippen LogP contribution in [0.25, 0.3) is 0 Å². The van der Waals surface area contributed by atoms with Crippen LogP contribution in [0.2, 0.25) is 0 Å². The van der Waals surface area contributed by atoms with Crippen molar-refractivity contribution in [2.45, 2.75) is 58.8 Å². The van der Waals surface area contributed by atoms with Crippen LogP contribution in [-0.2, 0) is 9.59 Å². The first kappa shape index (κ1) is 15.0. The molecular weight excluding hydrogens is 230 g/mol. The Hall–Kier alpha value is -1.06. The van der Waals surface area contributed by atoms with Gasteiger partial charge >= 0.3 is 5.97 Å². The lowest BCUT2D eigenvalue weighted by atomic mass is 9.79. The number of hydrogen-bond donors (Lipinski definition) is 2. The van der Waals surface area contributed by atoms with Crippen LogP contribution in [0, 0.1) is 11.3 Å². The molecule has 1 fully saturated rings. The SMILES string of the molecule is CCC(C)CNC(=O)CC1(CC(=O)O)CCCC1. The van der Waals surface area contributed by atoms with E-state index in [4.69, 9.17) is 5.11 Å². The third-order valence-electron chi connectivity index (χ3n) is 4.07. The lowest BCUT2D eigenvalue weighted by Crippen LogP contribution is -2.34. The quantitative estimate of drug-likeness (QED) is 0.734. The van der Waals surface area contributed by atoms with Crippen molar-refractivity contribution < 1.29 is 14.7 Å². The molecule has 0 heterocycles. The molecule has 18 heavy (non-hydrogen) atoms. The van der Waals surface area contributed by atoms with Gasteiger partial charge < -0.3 is 10.4 Å². The Morgan fingerprint density at radius 1 is 1.28 bits per heavy atom. The van der Waals surface area contributed by atoms with Crippen molar-refractivity contribution in [2.24, 2.45) is 11.3 Å². The Balaban J connectivity index is 2.46. The molecule has 1 saturated carbocycles. The maximum Gasteiger partial charge on any atom is 0.303 e. The summed E-state index contributed by atoms with van der Waals surface area (Å²) in [6, 6.07) is 0. The van der Waals surface area contributed by atoms with E-state index < -0.39 is 5.97 Å². The van der Waals surface area contributed by atoms with Crippen molar-refractivity contribution in [3.05, 3.63) is 0 Å². The molecule has 1 unspecified atom stereocenters. The molecule has 0 aromatic carbocycles. The van der Waals surface area contributed by atoms with Gasteiger partial charge in [-0.25, -0.2) is 0 Å². The van der Waals surface area contributed by atoms with Crippen LogP contribution in [0.15, 0.2) is 0 Å². The van der Waals surface area contributed by atoms with Gasteiger partial charge in [0.15, 0.2) is 0 Å². The summed E-state index contributed by atoms with van der Waals surface area (Å²) in [5.41, 5.74) is -0.286. The van der Waals surface area contributed by atoms with Gasteiger partial charge in [-0.15, -0.1) is 0 Å². The van der Waals surface area contributed by atoms with E-state index in [0.29, 0.717) is 18.9 Å². The molecule has 0 aromatic rings. The first-order valence-electron chi connectivity index (χ1n) is 6.96. The second-order valence-electron chi connectivity index (χ2n) is 5.77. The summed E-state index contributed by atoms with van der Waals surface area (Å²) in [6.45, 7) is 4.89. The van der Waals surface area contributed by atoms with Gasteiger partial charge in [-0.3, -0.25) is 9.59 Å². The van der Waals surface area contributed by atoms with E-state index in [0.717, 1.165) is 32.1 Å². The van der Waals surface area contributed by atoms with Gasteiger partial charge in [0.05, 0.1) is 6.42 Å². The molecule has 1 atom stereocenters. The number of carbonyl (C=O) groups is 2. The fourth-order valence-corrected chi connectivity index (χ4v) is 2.70. The summed E-state index contributed by atoms with van der Waals surface area (Å²) in [7, 11) is 0. The fraction of sp³-hybridized carbons (Fsp3) is 0.857. The van der Waals surface area contributed by atoms with Crippen LogP contribution in [0.5, 0.6) is 0 Å². The summed E-state index contributed by atoms with van der Waals surface area (Å²) in [4.78, 5) is 22.8. The molecular formula is C14H25NO3. The van der Waals surface area contributed by atoms with E-state index in [2.05, 4.69) is 19.2 Å². The number of rotatable bonds is 7. The number of carboxylic acids is 1. The Morgan fingerprint density at radius 3 is 2.39 bits per heavy atom. The molecule has 104 valence electrons. The zero-order valence-electron chi connectivity index (χ0n) is 11.5. The minimum Gasteiger partial charge on any atom is -0.481 e. The third kappa shape index (κ3) is 4.67. The standard InChI is InChI=1S/C14H25NO3/c1-3-11(2)10-15-12(16)8-14(9-13(17)18)6-4-5-7-14/h11H,3-10H2,1-2H3,(H,15,16)(H,17,18). The Kier molecular flexibility index (Phi) is 5.63. The maximum absolute atomic E-state index is 11.9. The predicted octanol–water partition coefficient (Wildman–Crippen LogP) is 2.57. The Bertz CT molecular complexity index is 295. The van der Waals surface area contributed by atoms with E-state index in [1.165, 1.54) is 0 Å². The summed E-state index contributed by atoms with van der Waals surface area (Å²) >= 11 is 0. The number of carboxylic acid groups (broad SMARTS) is 1. The number of aliphatic carboxylic acids is 1. The highest BCUT2D eigenvalue weighted by molar-refractivity contribution is 5.78. The number of hydrogen-bond acceptors (Lipinski definition) is 2. The predicted molar refractivity (Wildman–Crippen MR) is 70.2 cm³/mol. The highest BCUT2D eigenvalue weighted by atomic mass is 16.4. The smallest absolute Gasteiger partial charge is 0.303 e. The van der Waals surface area contributed by atoms with Crippen LogP contribution in [0.3, 0.4) is 0 Å². The first-order chi connectivity index (χ1) is 8.47. The van der Waals surface area contributed by atoms with E-state index in [1.54, 1.807) is 0 Å². The van der Waals surface area contributed by atoms with Gasteiger partial charge in [-0.1, -0.05) is 33.1 Å². The monoisotopic (exact) mass is 255 g/mol. The molecule has 1 aliphatic rings. The lowest BCUT2D eigenvalue weighted by Gasteiger charge is -2.26. The second kappa shape index (κ2) is 6.76. The Morgan fingerprint density at radius 2 is 1.89 bits per heavy atom. The van der Waals surface area contributed by atoms with Crippen molar-refractivity contribution in [2.75, 3.05) is 6.54 Å². The van der Waals surface area contributed by atoms with Crippen LogP contribution in [0.4, 0.5) is 0 Å². The molecule has 0 aliphatic heterocycles. The topological polar surface area (TPSA) is 66.4 Å². The molecule has 1 rings (SSSR count). The van der Waals surface area contributed by atoms with Crippen molar-refractivity contribution in [1.82, 2.24) is 5.32 Å². The molecule has 0 aromatic heterocycles. The summed E-state index contributed by atoms with van der Waals surface area (Å²) in [5.74, 6) is -0.293. The molecule has 0 bridgehead atoms. The van der Waals surface area contributed by atoms with E-state index in [-0.39, 0.29) is 17.7 Å². The maximum atomic E-state index is 11.9. The number of nitrogens with one attached hydrogen (secondary N) is 1. The highest BCUT2D eigenvalue weighted by Crippen LogP contribution is 2.43. The zero-order chi connectivity index (χ0) is 13.6. The van der Waals surface area contributed by atoms with Crippen molar-refractivity contribution in [3.8, 4) is 0 Å². The van der Waals surface area contributed by atoms with Gasteiger partial charge in [0.1, 0.15) is 0 Å². The number of amides is 1. The van der Waals surface area contributed by atoms with Crippen molar-refractivity contribution in [1.29, 1.82) is 0 Å². The molecule has 1 aliphatic carbocycles. The molecule has 4 heteroatoms. The van der Waals surface area contributed by atoms with E-state index in [1.807, 2.05) is 0 Å². The van der Waals surface area contributed by atoms with Crippen molar-refractivity contribution >= 4 is 11.9 Å². The molecule has 1 amide bonds. The zero-order valence-corrected chi connectivity index (χ0v) is 11.5. The normalized spacial score (nSPS) is 19.4. The molecule has 0 spiro atoms. The molecule has 0 saturated heterocycles. The lowest BCUT2D eigenvalue weighted by molar-refractivity contribution is -0.140. The second-order valence-corrected chi connectivity index (χ2v) is 5.77. The fourth-order valence-electron chi connectivity index (χ4n) is 2.70. The minimum atomic E-state index is -0.786. The summed E-state index contributed by atoms with van der Waals surface area (Å²) < 4.78 is 0. The van der Waals surface area contributed by atoms with E-state index in [9.17, 15) is 9.59 Å². The van der Waals surface area contributed by atoms with Crippen molar-refractivity contribution in [3.63, 3.8) is 0 Å². The molecule has 2 N–H and O–H groups in total. The van der Waals surface area contributed by atoms with Gasteiger partial charge in [0.25, 0.3) is 0 Å². The summed E-state index contributed by atoms with van der Waals surface area (Å²) in [6.07, 6.45) is 5.38. The third-order valence-corrected chi connectivity index (χ3v) is 4.07. The van der Waals surface area contributed by atoms with Crippen LogP contribution < -0.4 is 5.32 Å². The molecule has 0 radical (unpaired) electrons. The van der Waals surface area contributed by atoms with Crippen LogP contribution in [0.1, 0.15) is 58.8 Å². The molecule has 4 nitrogen and oxygen atoms in total. The van der Waals surface area contributed by atoms with Gasteiger partial charge in [0.2, 0.25) is 5.91 Å². The van der Waals surface area contributed by atoms with Gasteiger partial charge in [0, 0.05) is 13.0 Å². The van der Waals surface area contributed by atoms with Crippen LogP contribution in [-0.4, -0.2) is 23.5 Å².